The van der Waals surface area contributed by atoms with Gasteiger partial charge in [-0.05, 0) is 60.4 Å². The summed E-state index contributed by atoms with van der Waals surface area (Å²) in [6, 6.07) is 10.1. The largest absolute Gasteiger partial charge is 0.425 e. The molecular weight excluding hydrogens is 921 g/mol. The Morgan fingerprint density at radius 3 is 0.600 bits per heavy atom. The highest BCUT2D eigenvalue weighted by Crippen LogP contribution is 2.43. The van der Waals surface area contributed by atoms with E-state index in [-0.39, 0.29) is 0 Å². The summed E-state index contributed by atoms with van der Waals surface area (Å²) in [5.41, 5.74) is 0. The van der Waals surface area contributed by atoms with Gasteiger partial charge in [-0.2, -0.15) is 0 Å². The third-order valence-corrected chi connectivity index (χ3v) is 45.5. The summed E-state index contributed by atoms with van der Waals surface area (Å²) in [6.45, 7) is 23.3. The SMILES string of the molecule is CCCC[Si]1(CCCC)O[SiH2]O[SiH2]O[SiH2]O[SiH2]O[SiH2]O[Si](CCCC)(CCCC)O[Si](CCCC)(CCCC)O[Si](CCCC)(CCCC)O[Si](CCCC)(CCCC)O1. The van der Waals surface area contributed by atoms with E-state index in [9.17, 15) is 0 Å². The van der Waals surface area contributed by atoms with Crippen LogP contribution in [-0.4, -0.2) is 92.8 Å². The molecule has 360 valence electrons. The second kappa shape index (κ2) is 36.8. The molecule has 0 spiro atoms. The maximum Gasteiger partial charge on any atom is 0.320 e. The molecule has 0 aromatic carbocycles. The minimum Gasteiger partial charge on any atom is -0.425 e. The van der Waals surface area contributed by atoms with Crippen LogP contribution in [0.3, 0.4) is 0 Å². The molecule has 0 unspecified atom stereocenters. The normalized spacial score (nSPS) is 22.5. The van der Waals surface area contributed by atoms with Gasteiger partial charge >= 0.3 is 42.8 Å². The zero-order valence-corrected chi connectivity index (χ0v) is 53.4. The van der Waals surface area contributed by atoms with E-state index in [1.165, 1.54) is 0 Å². The molecule has 0 aliphatic carbocycles. The first-order valence-electron chi connectivity index (χ1n) is 25.5. The maximum atomic E-state index is 8.43. The highest BCUT2D eigenvalue weighted by atomic mass is 28.5. The average molecular weight is 1020 g/mol. The van der Waals surface area contributed by atoms with Crippen LogP contribution in [-0.2, 0) is 41.2 Å². The molecule has 1 heterocycles. The fourth-order valence-corrected chi connectivity index (χ4v) is 50.9. The highest BCUT2D eigenvalue weighted by molar-refractivity contribution is 6.92. The van der Waals surface area contributed by atoms with Gasteiger partial charge in [0.2, 0.25) is 0 Å². The lowest BCUT2D eigenvalue weighted by atomic mass is 10.4. The van der Waals surface area contributed by atoms with E-state index in [1.54, 1.807) is 0 Å². The number of hydrogen-bond acceptors (Lipinski definition) is 10. The van der Waals surface area contributed by atoms with Crippen molar-refractivity contribution in [3.63, 3.8) is 0 Å². The van der Waals surface area contributed by atoms with Crippen molar-refractivity contribution in [2.24, 2.45) is 0 Å². The van der Waals surface area contributed by atoms with Gasteiger partial charge in [0.15, 0.2) is 0 Å². The lowest BCUT2D eigenvalue weighted by molar-refractivity contribution is 0.233. The monoisotopic (exact) mass is 1020 g/mol. The summed E-state index contributed by atoms with van der Waals surface area (Å²) in [4.78, 5) is 0. The predicted molar refractivity (Wildman–Crippen MR) is 279 cm³/mol. The van der Waals surface area contributed by atoms with Crippen molar-refractivity contribution in [1.29, 1.82) is 0 Å². The molecule has 1 aliphatic rings. The van der Waals surface area contributed by atoms with Gasteiger partial charge in [0.25, 0.3) is 50.0 Å². The van der Waals surface area contributed by atoms with Crippen molar-refractivity contribution in [3.05, 3.63) is 0 Å². The molecule has 0 saturated carbocycles. The van der Waals surface area contributed by atoms with Crippen LogP contribution in [0.4, 0.5) is 0 Å². The van der Waals surface area contributed by atoms with Crippen molar-refractivity contribution >= 4 is 92.8 Å². The van der Waals surface area contributed by atoms with E-state index >= 15 is 0 Å². The van der Waals surface area contributed by atoms with Crippen LogP contribution in [0.25, 0.3) is 0 Å². The third-order valence-electron chi connectivity index (χ3n) is 11.9. The van der Waals surface area contributed by atoms with Crippen molar-refractivity contribution in [2.45, 2.75) is 258 Å². The zero-order valence-electron chi connectivity index (χ0n) is 41.3. The Kier molecular flexibility index (Phi) is 36.7. The summed E-state index contributed by atoms with van der Waals surface area (Å²) in [6.07, 6.45) is 22.4. The van der Waals surface area contributed by atoms with Gasteiger partial charge in [0.05, 0.1) is 0 Å². The van der Waals surface area contributed by atoms with Gasteiger partial charge in [0, 0.05) is 0 Å². The Hall–Kier alpha value is 1.77. The molecule has 20 heteroatoms. The molecule has 1 fully saturated rings. The topological polar surface area (TPSA) is 92.3 Å². The van der Waals surface area contributed by atoms with Gasteiger partial charge in [-0.15, -0.1) is 0 Å². The average Bonchev–Trinajstić information content (AvgIpc) is 3.26. The van der Waals surface area contributed by atoms with E-state index in [0.717, 1.165) is 189 Å². The molecular formula is C40H100O10Si10. The standard InChI is InChI=1S/C40H100O10Si10/c1-11-21-31-56(32-22-12-2)45-54-43-52-41-51-42-53-44-55-46-57(33-23-13-3,34-24-14-4)48-59(37-27-17-7,38-28-18-8)50-60(39-29-19-9,40-30-20-10)49-58(47-56,35-25-15-5)36-26-16-6/h11-40,51-55H2,1-10H3. The molecule has 60 heavy (non-hydrogen) atoms. The van der Waals surface area contributed by atoms with E-state index in [2.05, 4.69) is 69.2 Å². The second-order valence-electron chi connectivity index (χ2n) is 17.7. The Morgan fingerprint density at radius 2 is 0.400 bits per heavy atom. The Balaban J connectivity index is 4.38. The molecule has 1 rings (SSSR count). The molecule has 0 bridgehead atoms. The van der Waals surface area contributed by atoms with Crippen molar-refractivity contribution < 1.29 is 41.2 Å². The summed E-state index contributed by atoms with van der Waals surface area (Å²) >= 11 is 0. The minimum absolute atomic E-state index is 1.01. The molecule has 0 aromatic rings. The Morgan fingerprint density at radius 1 is 0.233 bits per heavy atom. The predicted octanol–water partition coefficient (Wildman–Crippen LogP) is 10.4. The zero-order chi connectivity index (χ0) is 44.3. The third kappa shape index (κ3) is 24.5. The Bertz CT molecular complexity index is 893. The minimum atomic E-state index is -2.96. The Labute approximate surface area is 389 Å². The molecule has 10 nitrogen and oxygen atoms in total. The van der Waals surface area contributed by atoms with Crippen LogP contribution in [0.15, 0.2) is 0 Å². The van der Waals surface area contributed by atoms with Crippen LogP contribution in [0.1, 0.15) is 198 Å². The van der Waals surface area contributed by atoms with E-state index in [0.29, 0.717) is 0 Å². The van der Waals surface area contributed by atoms with E-state index < -0.39 is 92.8 Å². The van der Waals surface area contributed by atoms with Crippen LogP contribution in [0.2, 0.25) is 60.4 Å². The van der Waals surface area contributed by atoms with Crippen LogP contribution < -0.4 is 0 Å². The van der Waals surface area contributed by atoms with Crippen molar-refractivity contribution in [3.8, 4) is 0 Å². The second-order valence-corrected chi connectivity index (χ2v) is 45.1. The molecule has 0 amide bonds. The van der Waals surface area contributed by atoms with Gasteiger partial charge in [-0.1, -0.05) is 198 Å². The molecule has 0 aromatic heterocycles. The quantitative estimate of drug-likeness (QED) is 0.0648. The first-order chi connectivity index (χ1) is 29.1. The first kappa shape index (κ1) is 59.8. The van der Waals surface area contributed by atoms with Crippen LogP contribution >= 0.6 is 0 Å². The smallest absolute Gasteiger partial charge is 0.320 e. The summed E-state index contributed by atoms with van der Waals surface area (Å²) in [7, 11) is -20.3. The highest BCUT2D eigenvalue weighted by Gasteiger charge is 2.57. The molecule has 0 N–H and O–H groups in total. The van der Waals surface area contributed by atoms with Gasteiger partial charge in [-0.3, -0.25) is 0 Å². The summed E-state index contributed by atoms with van der Waals surface area (Å²) < 4.78 is 72.7. The summed E-state index contributed by atoms with van der Waals surface area (Å²) in [5.74, 6) is 0. The van der Waals surface area contributed by atoms with Gasteiger partial charge < -0.3 is 41.2 Å². The number of hydrogen-bond donors (Lipinski definition) is 0. The van der Waals surface area contributed by atoms with Crippen molar-refractivity contribution in [1.82, 2.24) is 0 Å². The maximum absolute atomic E-state index is 8.43. The fourth-order valence-electron chi connectivity index (χ4n) is 8.28. The summed E-state index contributed by atoms with van der Waals surface area (Å²) in [5, 5.41) is 0. The van der Waals surface area contributed by atoms with E-state index in [4.69, 9.17) is 41.2 Å². The van der Waals surface area contributed by atoms with Gasteiger partial charge in [0.1, 0.15) is 0 Å². The lowest BCUT2D eigenvalue weighted by Gasteiger charge is -2.50. The number of unbranched alkanes of at least 4 members (excludes halogenated alkanes) is 10. The first-order valence-corrected chi connectivity index (χ1v) is 42.5. The van der Waals surface area contributed by atoms with Crippen molar-refractivity contribution in [2.75, 3.05) is 0 Å². The molecule has 0 radical (unpaired) electrons. The van der Waals surface area contributed by atoms with Crippen LogP contribution in [0.5, 0.6) is 0 Å². The fraction of sp³-hybridized carbons (Fsp3) is 1.00. The number of rotatable bonds is 30. The molecule has 1 saturated heterocycles. The lowest BCUT2D eigenvalue weighted by Crippen LogP contribution is -2.66. The molecule has 0 atom stereocenters. The molecule has 1 aliphatic heterocycles. The van der Waals surface area contributed by atoms with Gasteiger partial charge in [-0.25, -0.2) is 0 Å². The van der Waals surface area contributed by atoms with Crippen LogP contribution in [0, 0.1) is 0 Å². The van der Waals surface area contributed by atoms with E-state index in [1.807, 2.05) is 0 Å².